The number of rotatable bonds is 0. The molecule has 3 nitrogen and oxygen atoms in total. The maximum Gasteiger partial charge on any atom is 0.123 e. The van der Waals surface area contributed by atoms with Gasteiger partial charge in [0.05, 0.1) is 22.1 Å². The normalized spacial score (nSPS) is 12.5. The summed E-state index contributed by atoms with van der Waals surface area (Å²) in [5.74, 6) is -0.839. The minimum absolute atomic E-state index is 0.274. The molecule has 0 unspecified atom stereocenters. The van der Waals surface area contributed by atoms with Gasteiger partial charge in [-0.1, -0.05) is 22.7 Å². The standard InChI is InChI=1S/C24H12F3N3/c25-11-5-7-17-14(9-11)21-23(29-17)22-19(13-3-1-2-4-16(13)28-22)20-15-10-12(26)6-8-18(15)30(27)24(20)21/h1-10,28-29H. The van der Waals surface area contributed by atoms with Gasteiger partial charge in [0.25, 0.3) is 0 Å². The summed E-state index contributed by atoms with van der Waals surface area (Å²) < 4.78 is 44.0. The summed E-state index contributed by atoms with van der Waals surface area (Å²) in [6, 6.07) is 16.2. The third kappa shape index (κ3) is 1.77. The van der Waals surface area contributed by atoms with Crippen molar-refractivity contribution in [3.05, 3.63) is 72.3 Å². The highest BCUT2D eigenvalue weighted by molar-refractivity contribution is 6.39. The third-order valence-corrected chi connectivity index (χ3v) is 6.08. The van der Waals surface area contributed by atoms with Crippen molar-refractivity contribution in [2.24, 2.45) is 0 Å². The Balaban J connectivity index is 1.95. The van der Waals surface area contributed by atoms with Crippen LogP contribution in [0.25, 0.3) is 65.4 Å². The number of nitrogens with zero attached hydrogens (tertiary/aromatic N) is 1. The molecule has 30 heavy (non-hydrogen) atoms. The molecule has 0 atom stereocenters. The minimum Gasteiger partial charge on any atom is -0.353 e. The van der Waals surface area contributed by atoms with Gasteiger partial charge < -0.3 is 9.97 Å². The van der Waals surface area contributed by atoms with Crippen LogP contribution in [0.15, 0.2) is 60.7 Å². The molecular formula is C24H12F3N3. The van der Waals surface area contributed by atoms with Crippen LogP contribution in [0.3, 0.4) is 0 Å². The molecule has 7 rings (SSSR count). The predicted octanol–water partition coefficient (Wildman–Crippen LogP) is 7.07. The lowest BCUT2D eigenvalue weighted by Crippen LogP contribution is -1.84. The fourth-order valence-corrected chi connectivity index (χ4v) is 4.89. The van der Waals surface area contributed by atoms with Crippen LogP contribution in [-0.4, -0.2) is 14.8 Å². The van der Waals surface area contributed by atoms with Crippen molar-refractivity contribution in [2.75, 3.05) is 0 Å². The zero-order chi connectivity index (χ0) is 20.1. The molecule has 7 aromatic rings. The van der Waals surface area contributed by atoms with Crippen LogP contribution in [0.2, 0.25) is 0 Å². The highest BCUT2D eigenvalue weighted by Gasteiger charge is 2.24. The van der Waals surface area contributed by atoms with Crippen LogP contribution < -0.4 is 0 Å². The second-order valence-electron chi connectivity index (χ2n) is 7.65. The number of fused-ring (bicyclic) bond motifs is 12. The molecule has 2 N–H and O–H groups in total. The van der Waals surface area contributed by atoms with Crippen LogP contribution in [-0.2, 0) is 0 Å². The molecule has 0 aliphatic carbocycles. The first-order valence-electron chi connectivity index (χ1n) is 9.55. The van der Waals surface area contributed by atoms with E-state index in [2.05, 4.69) is 9.97 Å². The third-order valence-electron chi connectivity index (χ3n) is 6.08. The molecule has 144 valence electrons. The van der Waals surface area contributed by atoms with Gasteiger partial charge in [-0.3, -0.25) is 0 Å². The summed E-state index contributed by atoms with van der Waals surface area (Å²) in [7, 11) is 0. The lowest BCUT2D eigenvalue weighted by molar-refractivity contribution is 0.406. The van der Waals surface area contributed by atoms with E-state index in [1.54, 1.807) is 6.07 Å². The zero-order valence-corrected chi connectivity index (χ0v) is 15.4. The van der Waals surface area contributed by atoms with Gasteiger partial charge in [-0.15, -0.1) is 0 Å². The molecule has 0 bridgehead atoms. The van der Waals surface area contributed by atoms with Crippen molar-refractivity contribution in [3.8, 4) is 0 Å². The molecule has 0 amide bonds. The highest BCUT2D eigenvalue weighted by Crippen LogP contribution is 2.45. The number of nitrogens with one attached hydrogen (secondary N) is 2. The molecule has 0 saturated carbocycles. The van der Waals surface area contributed by atoms with Crippen molar-refractivity contribution >= 4 is 65.4 Å². The summed E-state index contributed by atoms with van der Waals surface area (Å²) in [5, 5.41) is 3.97. The van der Waals surface area contributed by atoms with Gasteiger partial charge in [-0.05, 0) is 42.5 Å². The lowest BCUT2D eigenvalue weighted by Gasteiger charge is -2.01. The van der Waals surface area contributed by atoms with Crippen LogP contribution in [0, 0.1) is 11.6 Å². The van der Waals surface area contributed by atoms with Crippen molar-refractivity contribution in [3.63, 3.8) is 0 Å². The predicted molar refractivity (Wildman–Crippen MR) is 115 cm³/mol. The molecule has 4 aromatic carbocycles. The molecule has 0 radical (unpaired) electrons. The molecule has 6 heteroatoms. The van der Waals surface area contributed by atoms with E-state index in [1.807, 2.05) is 24.3 Å². The molecule has 0 spiro atoms. The maximum atomic E-state index is 15.7. The Morgan fingerprint density at radius 1 is 0.633 bits per heavy atom. The van der Waals surface area contributed by atoms with E-state index in [9.17, 15) is 8.78 Å². The second kappa shape index (κ2) is 5.16. The van der Waals surface area contributed by atoms with E-state index in [0.717, 1.165) is 21.8 Å². The molecule has 3 heterocycles. The Morgan fingerprint density at radius 3 is 2.13 bits per heavy atom. The number of H-pyrrole nitrogens is 2. The van der Waals surface area contributed by atoms with Crippen LogP contribution in [0.1, 0.15) is 0 Å². The summed E-state index contributed by atoms with van der Waals surface area (Å²) in [4.78, 5) is 7.35. The van der Waals surface area contributed by atoms with E-state index in [4.69, 9.17) is 0 Å². The van der Waals surface area contributed by atoms with Crippen molar-refractivity contribution in [1.82, 2.24) is 14.8 Å². The molecule has 0 fully saturated rings. The maximum absolute atomic E-state index is 15.7. The summed E-state index contributed by atoms with van der Waals surface area (Å²) in [6.07, 6.45) is 0. The number of para-hydroxylation sites is 1. The molecule has 0 aliphatic heterocycles. The van der Waals surface area contributed by atoms with E-state index in [-0.39, 0.29) is 5.52 Å². The lowest BCUT2D eigenvalue weighted by atomic mass is 10.0. The van der Waals surface area contributed by atoms with Crippen LogP contribution in [0.4, 0.5) is 13.3 Å². The van der Waals surface area contributed by atoms with Gasteiger partial charge in [-0.2, -0.15) is 4.79 Å². The van der Waals surface area contributed by atoms with Gasteiger partial charge in [0.2, 0.25) is 0 Å². The number of hydrogen-bond donors (Lipinski definition) is 2. The number of aromatic nitrogens is 3. The largest absolute Gasteiger partial charge is 0.353 e. The second-order valence-corrected chi connectivity index (χ2v) is 7.65. The monoisotopic (exact) mass is 399 g/mol. The summed E-state index contributed by atoms with van der Waals surface area (Å²) in [5.41, 5.74) is 3.65. The first-order chi connectivity index (χ1) is 14.6. The molecule has 3 aromatic heterocycles. The Hall–Kier alpha value is -3.93. The van der Waals surface area contributed by atoms with E-state index < -0.39 is 11.6 Å². The van der Waals surface area contributed by atoms with E-state index in [0.29, 0.717) is 42.9 Å². The quantitative estimate of drug-likeness (QED) is 0.274. The first kappa shape index (κ1) is 15.9. The summed E-state index contributed by atoms with van der Waals surface area (Å²) >= 11 is 0. The highest BCUT2D eigenvalue weighted by atomic mass is 19.2. The van der Waals surface area contributed by atoms with Crippen LogP contribution in [0.5, 0.6) is 0 Å². The fourth-order valence-electron chi connectivity index (χ4n) is 4.89. The van der Waals surface area contributed by atoms with Gasteiger partial charge >= 0.3 is 0 Å². The number of hydrogen-bond acceptors (Lipinski definition) is 0. The number of aromatic amines is 2. The molecule has 0 aliphatic rings. The topological polar surface area (TPSA) is 36.5 Å². The Kier molecular flexibility index (Phi) is 2.74. The number of halogens is 3. The van der Waals surface area contributed by atoms with Crippen molar-refractivity contribution in [1.29, 1.82) is 0 Å². The smallest absolute Gasteiger partial charge is 0.123 e. The Bertz CT molecular complexity index is 1840. The average molecular weight is 399 g/mol. The van der Waals surface area contributed by atoms with Gasteiger partial charge in [-0.25, -0.2) is 8.78 Å². The van der Waals surface area contributed by atoms with E-state index >= 15 is 4.48 Å². The van der Waals surface area contributed by atoms with Crippen molar-refractivity contribution in [2.45, 2.75) is 0 Å². The SMILES string of the molecule is Fc1ccc2[nH]c3c4[nH]c5ccccc5c4c4c5cc(F)ccc5n(F)c4c3c2c1. The Morgan fingerprint density at radius 2 is 1.30 bits per heavy atom. The fraction of sp³-hybridized carbons (Fsp3) is 0. The summed E-state index contributed by atoms with van der Waals surface area (Å²) in [6.45, 7) is 0. The van der Waals surface area contributed by atoms with Crippen LogP contribution >= 0.6 is 0 Å². The van der Waals surface area contributed by atoms with Gasteiger partial charge in [0, 0.05) is 43.4 Å². The first-order valence-corrected chi connectivity index (χ1v) is 9.55. The zero-order valence-electron chi connectivity index (χ0n) is 15.4. The van der Waals surface area contributed by atoms with E-state index in [1.165, 1.54) is 30.3 Å². The minimum atomic E-state index is -0.437. The number of benzene rings is 4. The Labute approximate surface area is 166 Å². The average Bonchev–Trinajstić information content (AvgIpc) is 3.38. The molecule has 0 saturated heterocycles. The van der Waals surface area contributed by atoms with Crippen molar-refractivity contribution < 1.29 is 13.3 Å². The van der Waals surface area contributed by atoms with Gasteiger partial charge in [0.15, 0.2) is 0 Å². The van der Waals surface area contributed by atoms with Gasteiger partial charge in [0.1, 0.15) is 11.6 Å². The molecular weight excluding hydrogens is 387 g/mol.